The Morgan fingerprint density at radius 1 is 1.19 bits per heavy atom. The number of nitrogens with two attached hydrogens (primary N) is 1. The SMILES string of the molecule is C=C/N=C(Nc1cccc([S+](N)[O-])c1)\C(C=N)=C(/C)Nc1ccc(OC(F)(F)F)cc1. The molecule has 11 heteroatoms. The van der Waals surface area contributed by atoms with Crippen molar-refractivity contribution in [3.8, 4) is 5.75 Å². The van der Waals surface area contributed by atoms with Gasteiger partial charge in [-0.2, -0.15) is 0 Å². The number of benzene rings is 2. The van der Waals surface area contributed by atoms with Crippen LogP contribution in [0, 0.1) is 5.41 Å². The van der Waals surface area contributed by atoms with Gasteiger partial charge in [0.1, 0.15) is 11.6 Å². The monoisotopic (exact) mass is 451 g/mol. The third-order valence-electron chi connectivity index (χ3n) is 3.77. The second-order valence-electron chi connectivity index (χ2n) is 5.99. The molecule has 0 saturated carbocycles. The molecule has 2 aromatic rings. The fourth-order valence-electron chi connectivity index (χ4n) is 2.47. The van der Waals surface area contributed by atoms with Crippen LogP contribution in [0.4, 0.5) is 24.5 Å². The van der Waals surface area contributed by atoms with Crippen LogP contribution in [0.2, 0.25) is 0 Å². The predicted molar refractivity (Wildman–Crippen MR) is 117 cm³/mol. The summed E-state index contributed by atoms with van der Waals surface area (Å²) in [4.78, 5) is 4.55. The molecule has 2 rings (SSSR count). The zero-order valence-corrected chi connectivity index (χ0v) is 17.2. The van der Waals surface area contributed by atoms with Crippen molar-refractivity contribution in [1.82, 2.24) is 0 Å². The molecule has 1 atom stereocenters. The lowest BCUT2D eigenvalue weighted by molar-refractivity contribution is -0.274. The first kappa shape index (κ1) is 24.0. The Hall–Kier alpha value is -3.28. The van der Waals surface area contributed by atoms with Crippen molar-refractivity contribution < 1.29 is 22.5 Å². The molecule has 1 unspecified atom stereocenters. The van der Waals surface area contributed by atoms with Crippen LogP contribution in [0.5, 0.6) is 5.75 Å². The van der Waals surface area contributed by atoms with E-state index in [0.29, 0.717) is 27.5 Å². The lowest BCUT2D eigenvalue weighted by Crippen LogP contribution is -2.20. The zero-order valence-electron chi connectivity index (χ0n) is 16.4. The van der Waals surface area contributed by atoms with Crippen molar-refractivity contribution in [2.75, 3.05) is 10.6 Å². The molecule has 164 valence electrons. The molecule has 31 heavy (non-hydrogen) atoms. The summed E-state index contributed by atoms with van der Waals surface area (Å²) in [7, 11) is 0. The van der Waals surface area contributed by atoms with Gasteiger partial charge < -0.3 is 25.3 Å². The molecule has 0 aromatic heterocycles. The van der Waals surface area contributed by atoms with Gasteiger partial charge in [-0.15, -0.1) is 18.3 Å². The van der Waals surface area contributed by atoms with E-state index >= 15 is 0 Å². The van der Waals surface area contributed by atoms with E-state index in [2.05, 4.69) is 26.9 Å². The van der Waals surface area contributed by atoms with Gasteiger partial charge >= 0.3 is 6.36 Å². The van der Waals surface area contributed by atoms with Gasteiger partial charge in [0, 0.05) is 35.6 Å². The van der Waals surface area contributed by atoms with Crippen LogP contribution in [-0.2, 0) is 11.4 Å². The molecule has 0 aliphatic heterocycles. The summed E-state index contributed by atoms with van der Waals surface area (Å²) in [6.07, 6.45) is -2.43. The molecular formula is C20H20F3N5O2S. The van der Waals surface area contributed by atoms with E-state index < -0.39 is 17.7 Å². The van der Waals surface area contributed by atoms with Crippen molar-refractivity contribution >= 4 is 34.8 Å². The fraction of sp³-hybridized carbons (Fsp3) is 0.100. The van der Waals surface area contributed by atoms with Crippen molar-refractivity contribution in [3.63, 3.8) is 0 Å². The van der Waals surface area contributed by atoms with E-state index in [1.165, 1.54) is 30.5 Å². The minimum atomic E-state index is -4.77. The number of halogens is 3. The van der Waals surface area contributed by atoms with Crippen LogP contribution in [0.15, 0.2) is 82.5 Å². The van der Waals surface area contributed by atoms with Gasteiger partial charge in [0.25, 0.3) is 0 Å². The van der Waals surface area contributed by atoms with E-state index in [4.69, 9.17) is 10.5 Å². The molecule has 0 saturated heterocycles. The summed E-state index contributed by atoms with van der Waals surface area (Å²) in [5.74, 6) is -0.0771. The first-order valence-electron chi connectivity index (χ1n) is 8.69. The van der Waals surface area contributed by atoms with Gasteiger partial charge in [0.2, 0.25) is 0 Å². The Labute approximate surface area is 180 Å². The minimum absolute atomic E-state index is 0.270. The number of hydrogen-bond acceptors (Lipinski definition) is 6. The number of aliphatic imine (C=N–C) groups is 1. The van der Waals surface area contributed by atoms with E-state index in [1.807, 2.05) is 0 Å². The van der Waals surface area contributed by atoms with Gasteiger partial charge in [0.05, 0.1) is 16.9 Å². The summed E-state index contributed by atoms with van der Waals surface area (Å²) in [5.41, 5.74) is 1.86. The third kappa shape index (κ3) is 7.48. The van der Waals surface area contributed by atoms with Crippen LogP contribution in [0.3, 0.4) is 0 Å². The highest BCUT2D eigenvalue weighted by Crippen LogP contribution is 2.25. The van der Waals surface area contributed by atoms with Crippen LogP contribution >= 0.6 is 0 Å². The van der Waals surface area contributed by atoms with Gasteiger partial charge in [-0.3, -0.25) is 0 Å². The summed E-state index contributed by atoms with van der Waals surface area (Å²) < 4.78 is 52.2. The average molecular weight is 451 g/mol. The van der Waals surface area contributed by atoms with Crippen molar-refractivity contribution in [2.45, 2.75) is 18.2 Å². The predicted octanol–water partition coefficient (Wildman–Crippen LogP) is 4.56. The number of ether oxygens (including phenoxy) is 1. The molecule has 0 radical (unpaired) electrons. The quantitative estimate of drug-likeness (QED) is 0.267. The lowest BCUT2D eigenvalue weighted by Gasteiger charge is -2.15. The average Bonchev–Trinajstić information content (AvgIpc) is 2.69. The molecule has 0 aliphatic rings. The van der Waals surface area contributed by atoms with Crippen LogP contribution in [0.1, 0.15) is 6.92 Å². The number of rotatable bonds is 8. The third-order valence-corrected chi connectivity index (χ3v) is 4.49. The van der Waals surface area contributed by atoms with Gasteiger partial charge in [-0.1, -0.05) is 12.6 Å². The maximum Gasteiger partial charge on any atom is 0.573 e. The smallest absolute Gasteiger partial charge is 0.573 e. The molecule has 0 aliphatic carbocycles. The molecule has 0 heterocycles. The molecule has 5 N–H and O–H groups in total. The lowest BCUT2D eigenvalue weighted by atomic mass is 10.1. The molecule has 2 aromatic carbocycles. The van der Waals surface area contributed by atoms with Gasteiger partial charge in [0.15, 0.2) is 4.90 Å². The largest absolute Gasteiger partial charge is 0.593 e. The molecular weight excluding hydrogens is 431 g/mol. The normalized spacial score (nSPS) is 13.7. The van der Waals surface area contributed by atoms with Crippen molar-refractivity contribution in [1.29, 1.82) is 5.41 Å². The number of nitrogens with zero attached hydrogens (tertiary/aromatic N) is 1. The molecule has 7 nitrogen and oxygen atoms in total. The zero-order chi connectivity index (χ0) is 23.0. The Balaban J connectivity index is 2.26. The molecule has 0 amide bonds. The first-order chi connectivity index (χ1) is 14.6. The topological polar surface area (TPSA) is 119 Å². The van der Waals surface area contributed by atoms with Crippen molar-refractivity contribution in [2.24, 2.45) is 10.1 Å². The molecule has 0 bridgehead atoms. The summed E-state index contributed by atoms with van der Waals surface area (Å²) >= 11 is -1.66. The fourth-order valence-corrected chi connectivity index (χ4v) is 2.93. The molecule has 0 fully saturated rings. The highest BCUT2D eigenvalue weighted by Gasteiger charge is 2.30. The van der Waals surface area contributed by atoms with Crippen LogP contribution in [0.25, 0.3) is 0 Å². The van der Waals surface area contributed by atoms with Crippen molar-refractivity contribution in [3.05, 3.63) is 72.6 Å². The number of amidine groups is 1. The maximum absolute atomic E-state index is 12.3. The van der Waals surface area contributed by atoms with Crippen LogP contribution < -0.4 is 20.5 Å². The Morgan fingerprint density at radius 2 is 1.87 bits per heavy atom. The highest BCUT2D eigenvalue weighted by atomic mass is 32.2. The van der Waals surface area contributed by atoms with Crippen LogP contribution in [-0.4, -0.2) is 23.0 Å². The Morgan fingerprint density at radius 3 is 2.42 bits per heavy atom. The highest BCUT2D eigenvalue weighted by molar-refractivity contribution is 7.89. The number of hydrogen-bond donors (Lipinski definition) is 4. The summed E-state index contributed by atoms with van der Waals surface area (Å²) in [5, 5.41) is 19.2. The number of nitrogens with one attached hydrogen (secondary N) is 3. The van der Waals surface area contributed by atoms with E-state index in [9.17, 15) is 17.7 Å². The van der Waals surface area contributed by atoms with Gasteiger partial charge in [-0.25, -0.2) is 4.99 Å². The number of anilines is 2. The Kier molecular flexibility index (Phi) is 8.25. The van der Waals surface area contributed by atoms with E-state index in [1.54, 1.807) is 31.2 Å². The maximum atomic E-state index is 12.3. The minimum Gasteiger partial charge on any atom is -0.593 e. The first-order valence-corrected chi connectivity index (χ1v) is 9.90. The van der Waals surface area contributed by atoms with E-state index in [0.717, 1.165) is 6.21 Å². The number of allylic oxidation sites excluding steroid dienone is 1. The van der Waals surface area contributed by atoms with Gasteiger partial charge in [-0.05, 0) is 43.3 Å². The number of alkyl halides is 3. The summed E-state index contributed by atoms with van der Waals surface area (Å²) in [6, 6.07) is 11.7. The second-order valence-corrected chi connectivity index (χ2v) is 7.06. The van der Waals surface area contributed by atoms with E-state index in [-0.39, 0.29) is 11.6 Å². The standard InChI is InChI=1S/C20H20F3N5O2S/c1-3-26-19(28-15-5-4-6-17(11-15)31(25)29)18(12-24)13(2)27-14-7-9-16(10-8-14)30-20(21,22)23/h3-12,24,27H,1,25H2,2H3,(H,26,28)/b18-13+,24-12?. The summed E-state index contributed by atoms with van der Waals surface area (Å²) in [6.45, 7) is 5.24. The second kappa shape index (κ2) is 10.7. The molecule has 0 spiro atoms. The Bertz CT molecular complexity index is 989.